The lowest BCUT2D eigenvalue weighted by molar-refractivity contribution is -0.127. The lowest BCUT2D eigenvalue weighted by Crippen LogP contribution is -2.49. The monoisotopic (exact) mass is 231 g/mol. The first-order chi connectivity index (χ1) is 8.24. The molecular formula is C15H21NO. The maximum Gasteiger partial charge on any atom is 0.157 e. The minimum Gasteiger partial charge on any atom is -0.304 e. The SMILES string of the molecule is CCc1ccccc1[C@]1(NC)CCCCC1=O. The standard InChI is InChI=1S/C15H21NO/c1-3-12-8-4-5-9-13(12)15(16-2)11-7-6-10-14(15)17/h4-5,8-9,16H,3,6-7,10-11H2,1-2H3/t15-/m1/s1. The Bertz CT molecular complexity index is 413. The first kappa shape index (κ1) is 12.3. The molecule has 0 aliphatic heterocycles. The van der Waals surface area contributed by atoms with Gasteiger partial charge in [0.15, 0.2) is 5.78 Å². The van der Waals surface area contributed by atoms with Crippen LogP contribution >= 0.6 is 0 Å². The van der Waals surface area contributed by atoms with E-state index < -0.39 is 5.54 Å². The third-order valence-electron chi connectivity index (χ3n) is 3.97. The van der Waals surface area contributed by atoms with Crippen molar-refractivity contribution in [2.45, 2.75) is 44.6 Å². The van der Waals surface area contributed by atoms with Crippen LogP contribution in [0, 0.1) is 0 Å². The molecule has 92 valence electrons. The summed E-state index contributed by atoms with van der Waals surface area (Å²) in [4.78, 5) is 12.4. The Morgan fingerprint density at radius 3 is 2.71 bits per heavy atom. The number of nitrogens with one attached hydrogen (secondary N) is 1. The van der Waals surface area contributed by atoms with Crippen LogP contribution in [-0.4, -0.2) is 12.8 Å². The summed E-state index contributed by atoms with van der Waals surface area (Å²) in [5.74, 6) is 0.354. The fraction of sp³-hybridized carbons (Fsp3) is 0.533. The van der Waals surface area contributed by atoms with Crippen molar-refractivity contribution >= 4 is 5.78 Å². The zero-order valence-electron chi connectivity index (χ0n) is 10.8. The van der Waals surface area contributed by atoms with Gasteiger partial charge >= 0.3 is 0 Å². The van der Waals surface area contributed by atoms with Crippen LogP contribution < -0.4 is 5.32 Å². The third-order valence-corrected chi connectivity index (χ3v) is 3.97. The molecule has 0 saturated heterocycles. The van der Waals surface area contributed by atoms with Gasteiger partial charge in [-0.25, -0.2) is 0 Å². The van der Waals surface area contributed by atoms with E-state index in [1.807, 2.05) is 13.1 Å². The molecule has 0 unspecified atom stereocenters. The van der Waals surface area contributed by atoms with Gasteiger partial charge < -0.3 is 5.32 Å². The van der Waals surface area contributed by atoms with Gasteiger partial charge in [-0.1, -0.05) is 37.6 Å². The van der Waals surface area contributed by atoms with Crippen LogP contribution in [0.1, 0.15) is 43.7 Å². The molecule has 2 rings (SSSR count). The van der Waals surface area contributed by atoms with E-state index in [1.54, 1.807) is 0 Å². The van der Waals surface area contributed by atoms with Crippen LogP contribution in [0.25, 0.3) is 0 Å². The zero-order chi connectivity index (χ0) is 12.3. The highest BCUT2D eigenvalue weighted by atomic mass is 16.1. The number of aryl methyl sites for hydroxylation is 1. The van der Waals surface area contributed by atoms with Crippen molar-refractivity contribution in [2.75, 3.05) is 7.05 Å². The summed E-state index contributed by atoms with van der Waals surface area (Å²) in [6.07, 6.45) is 4.78. The summed E-state index contributed by atoms with van der Waals surface area (Å²) >= 11 is 0. The lowest BCUT2D eigenvalue weighted by Gasteiger charge is -2.37. The molecule has 2 nitrogen and oxygen atoms in total. The Balaban J connectivity index is 2.49. The molecule has 1 saturated carbocycles. The molecule has 1 atom stereocenters. The Morgan fingerprint density at radius 2 is 2.06 bits per heavy atom. The van der Waals surface area contributed by atoms with E-state index in [-0.39, 0.29) is 0 Å². The van der Waals surface area contributed by atoms with Gasteiger partial charge in [-0.15, -0.1) is 0 Å². The fourth-order valence-corrected chi connectivity index (χ4v) is 2.96. The predicted octanol–water partition coefficient (Wildman–Crippen LogP) is 2.81. The maximum absolute atomic E-state index is 12.4. The molecule has 0 spiro atoms. The third kappa shape index (κ3) is 2.02. The molecule has 17 heavy (non-hydrogen) atoms. The molecule has 0 bridgehead atoms. The van der Waals surface area contributed by atoms with Gasteiger partial charge in [0.2, 0.25) is 0 Å². The van der Waals surface area contributed by atoms with Crippen LogP contribution in [0.3, 0.4) is 0 Å². The average Bonchev–Trinajstić information content (AvgIpc) is 2.40. The first-order valence-corrected chi connectivity index (χ1v) is 6.55. The van der Waals surface area contributed by atoms with Crippen LogP contribution in [-0.2, 0) is 16.8 Å². The summed E-state index contributed by atoms with van der Waals surface area (Å²) in [6, 6.07) is 8.34. The van der Waals surface area contributed by atoms with Gasteiger partial charge in [-0.05, 0) is 37.4 Å². The van der Waals surface area contributed by atoms with E-state index in [4.69, 9.17) is 0 Å². The quantitative estimate of drug-likeness (QED) is 0.866. The predicted molar refractivity (Wildman–Crippen MR) is 70.0 cm³/mol. The Kier molecular flexibility index (Phi) is 3.63. The minimum absolute atomic E-state index is 0.354. The summed E-state index contributed by atoms with van der Waals surface area (Å²) < 4.78 is 0. The Labute approximate surface area is 103 Å². The molecular weight excluding hydrogens is 210 g/mol. The highest BCUT2D eigenvalue weighted by molar-refractivity contribution is 5.90. The van der Waals surface area contributed by atoms with Crippen molar-refractivity contribution in [1.29, 1.82) is 0 Å². The topological polar surface area (TPSA) is 29.1 Å². The van der Waals surface area contributed by atoms with Crippen molar-refractivity contribution in [3.8, 4) is 0 Å². The van der Waals surface area contributed by atoms with E-state index >= 15 is 0 Å². The number of hydrogen-bond donors (Lipinski definition) is 1. The molecule has 0 radical (unpaired) electrons. The lowest BCUT2D eigenvalue weighted by atomic mass is 9.74. The molecule has 1 aliphatic carbocycles. The molecule has 1 aromatic carbocycles. The molecule has 1 aromatic rings. The van der Waals surface area contributed by atoms with Gasteiger partial charge in [-0.3, -0.25) is 4.79 Å². The molecule has 0 aromatic heterocycles. The molecule has 0 heterocycles. The molecule has 1 aliphatic rings. The maximum atomic E-state index is 12.4. The molecule has 1 fully saturated rings. The van der Waals surface area contributed by atoms with Gasteiger partial charge in [0.1, 0.15) is 5.54 Å². The number of likely N-dealkylation sites (N-methyl/N-ethyl adjacent to an activating group) is 1. The normalized spacial score (nSPS) is 24.9. The van der Waals surface area contributed by atoms with E-state index in [0.29, 0.717) is 12.2 Å². The highest BCUT2D eigenvalue weighted by Crippen LogP contribution is 2.36. The van der Waals surface area contributed by atoms with Crippen LogP contribution in [0.5, 0.6) is 0 Å². The minimum atomic E-state index is -0.426. The summed E-state index contributed by atoms with van der Waals surface area (Å²) in [7, 11) is 1.91. The van der Waals surface area contributed by atoms with Crippen LogP contribution in [0.2, 0.25) is 0 Å². The first-order valence-electron chi connectivity index (χ1n) is 6.55. The number of Topliss-reactive ketones (excluding diaryl/α,β-unsaturated/α-hetero) is 1. The van der Waals surface area contributed by atoms with Gasteiger partial charge in [-0.2, -0.15) is 0 Å². The number of rotatable bonds is 3. The number of carbonyl (C=O) groups is 1. The Morgan fingerprint density at radius 1 is 1.29 bits per heavy atom. The second-order valence-corrected chi connectivity index (χ2v) is 4.80. The van der Waals surface area contributed by atoms with Crippen molar-refractivity contribution in [3.63, 3.8) is 0 Å². The van der Waals surface area contributed by atoms with Gasteiger partial charge in [0, 0.05) is 6.42 Å². The van der Waals surface area contributed by atoms with Crippen LogP contribution in [0.15, 0.2) is 24.3 Å². The largest absolute Gasteiger partial charge is 0.304 e. The highest BCUT2D eigenvalue weighted by Gasteiger charge is 2.40. The van der Waals surface area contributed by atoms with Crippen molar-refractivity contribution in [1.82, 2.24) is 5.32 Å². The van der Waals surface area contributed by atoms with Gasteiger partial charge in [0.05, 0.1) is 0 Å². The zero-order valence-corrected chi connectivity index (χ0v) is 10.8. The molecule has 2 heteroatoms. The van der Waals surface area contributed by atoms with Crippen molar-refractivity contribution < 1.29 is 4.79 Å². The number of ketones is 1. The second-order valence-electron chi connectivity index (χ2n) is 4.80. The molecule has 1 N–H and O–H groups in total. The fourth-order valence-electron chi connectivity index (χ4n) is 2.96. The van der Waals surface area contributed by atoms with Crippen LogP contribution in [0.4, 0.5) is 0 Å². The van der Waals surface area contributed by atoms with E-state index in [2.05, 4.69) is 30.4 Å². The average molecular weight is 231 g/mol. The van der Waals surface area contributed by atoms with E-state index in [0.717, 1.165) is 25.7 Å². The summed E-state index contributed by atoms with van der Waals surface area (Å²) in [5.41, 5.74) is 2.05. The smallest absolute Gasteiger partial charge is 0.157 e. The molecule has 0 amide bonds. The van der Waals surface area contributed by atoms with E-state index in [9.17, 15) is 4.79 Å². The number of carbonyl (C=O) groups excluding carboxylic acids is 1. The second kappa shape index (κ2) is 5.01. The van der Waals surface area contributed by atoms with Crippen molar-refractivity contribution in [3.05, 3.63) is 35.4 Å². The summed E-state index contributed by atoms with van der Waals surface area (Å²) in [6.45, 7) is 2.15. The van der Waals surface area contributed by atoms with E-state index in [1.165, 1.54) is 11.1 Å². The van der Waals surface area contributed by atoms with Gasteiger partial charge in [0.25, 0.3) is 0 Å². The van der Waals surface area contributed by atoms with Crippen molar-refractivity contribution in [2.24, 2.45) is 0 Å². The summed E-state index contributed by atoms with van der Waals surface area (Å²) in [5, 5.41) is 3.31. The Hall–Kier alpha value is -1.15. The number of benzene rings is 1. The number of hydrogen-bond acceptors (Lipinski definition) is 2.